The van der Waals surface area contributed by atoms with Crippen molar-refractivity contribution in [1.82, 2.24) is 0 Å². The van der Waals surface area contributed by atoms with E-state index in [9.17, 15) is 4.79 Å². The second-order valence-electron chi connectivity index (χ2n) is 6.24. The Labute approximate surface area is 110 Å². The predicted octanol–water partition coefficient (Wildman–Crippen LogP) is 3.09. The first kappa shape index (κ1) is 13.8. The molecule has 0 saturated carbocycles. The molecule has 0 N–H and O–H groups in total. The van der Waals surface area contributed by atoms with E-state index in [1.807, 2.05) is 6.92 Å². The molecule has 0 spiro atoms. The molecule has 1 saturated heterocycles. The molecule has 3 nitrogen and oxygen atoms in total. The monoisotopic (exact) mass is 252 g/mol. The molecule has 2 rings (SSSR count). The second kappa shape index (κ2) is 5.14. The maximum atomic E-state index is 12.4. The average molecular weight is 252 g/mol. The Morgan fingerprint density at radius 2 is 1.78 bits per heavy atom. The van der Waals surface area contributed by atoms with Crippen LogP contribution in [0.2, 0.25) is 0 Å². The van der Waals surface area contributed by atoms with Crippen molar-refractivity contribution in [3.8, 4) is 0 Å². The van der Waals surface area contributed by atoms with E-state index in [0.29, 0.717) is 19.0 Å². The minimum Gasteiger partial charge on any atom is -0.350 e. The lowest BCUT2D eigenvalue weighted by molar-refractivity contribution is -0.125. The van der Waals surface area contributed by atoms with E-state index in [0.717, 1.165) is 24.8 Å². The van der Waals surface area contributed by atoms with E-state index < -0.39 is 0 Å². The van der Waals surface area contributed by atoms with Gasteiger partial charge in [-0.05, 0) is 44.1 Å². The number of allylic oxidation sites excluding steroid dienone is 2. The summed E-state index contributed by atoms with van der Waals surface area (Å²) < 4.78 is 10.9. The molecule has 102 valence electrons. The second-order valence-corrected chi connectivity index (χ2v) is 6.24. The number of Topliss-reactive ketones (excluding diaryl/α,β-unsaturated/α-hetero) is 1. The molecule has 0 aromatic carbocycles. The van der Waals surface area contributed by atoms with Crippen molar-refractivity contribution in [1.29, 1.82) is 0 Å². The first-order chi connectivity index (χ1) is 8.42. The summed E-state index contributed by atoms with van der Waals surface area (Å²) in [6, 6.07) is 0. The zero-order chi connectivity index (χ0) is 13.3. The van der Waals surface area contributed by atoms with Crippen molar-refractivity contribution in [2.75, 3.05) is 13.2 Å². The standard InChI is InChI=1S/C15H24O3/c1-10-9-15(3,4)12(14(16)11(10)2)5-6-13-17-7-8-18-13/h12-13H,5-9H2,1-4H3. The third-order valence-corrected chi connectivity index (χ3v) is 4.37. The quantitative estimate of drug-likeness (QED) is 0.774. The van der Waals surface area contributed by atoms with Gasteiger partial charge >= 0.3 is 0 Å². The zero-order valence-electron chi connectivity index (χ0n) is 11.9. The van der Waals surface area contributed by atoms with Crippen LogP contribution in [-0.2, 0) is 14.3 Å². The smallest absolute Gasteiger partial charge is 0.162 e. The molecule has 1 unspecified atom stereocenters. The maximum absolute atomic E-state index is 12.4. The lowest BCUT2D eigenvalue weighted by Gasteiger charge is -2.38. The summed E-state index contributed by atoms with van der Waals surface area (Å²) in [6.45, 7) is 9.80. The van der Waals surface area contributed by atoms with Gasteiger partial charge in [-0.2, -0.15) is 0 Å². The van der Waals surface area contributed by atoms with Gasteiger partial charge in [-0.25, -0.2) is 0 Å². The first-order valence-electron chi connectivity index (χ1n) is 6.85. The molecule has 0 amide bonds. The Morgan fingerprint density at radius 1 is 1.17 bits per heavy atom. The Balaban J connectivity index is 2.03. The molecular formula is C15H24O3. The molecule has 0 radical (unpaired) electrons. The highest BCUT2D eigenvalue weighted by atomic mass is 16.7. The number of rotatable bonds is 3. The molecule has 1 atom stereocenters. The minimum atomic E-state index is -0.0964. The van der Waals surface area contributed by atoms with E-state index in [-0.39, 0.29) is 17.6 Å². The third-order valence-electron chi connectivity index (χ3n) is 4.37. The van der Waals surface area contributed by atoms with Crippen LogP contribution in [0.15, 0.2) is 11.1 Å². The number of ether oxygens (including phenoxy) is 2. The number of ketones is 1. The summed E-state index contributed by atoms with van der Waals surface area (Å²) in [4.78, 5) is 12.4. The molecule has 18 heavy (non-hydrogen) atoms. The highest BCUT2D eigenvalue weighted by Gasteiger charge is 2.40. The molecule has 0 aromatic heterocycles. The Hall–Kier alpha value is -0.670. The van der Waals surface area contributed by atoms with Gasteiger partial charge in [0.25, 0.3) is 0 Å². The SMILES string of the molecule is CC1=C(C)C(=O)C(CCC2OCCO2)C(C)(C)C1. The van der Waals surface area contributed by atoms with Crippen LogP contribution in [0.4, 0.5) is 0 Å². The van der Waals surface area contributed by atoms with Crippen LogP contribution < -0.4 is 0 Å². The summed E-state index contributed by atoms with van der Waals surface area (Å²) in [5.41, 5.74) is 2.27. The van der Waals surface area contributed by atoms with Gasteiger partial charge in [0.05, 0.1) is 13.2 Å². The van der Waals surface area contributed by atoms with Crippen LogP contribution >= 0.6 is 0 Å². The third kappa shape index (κ3) is 2.67. The van der Waals surface area contributed by atoms with Crippen molar-refractivity contribution >= 4 is 5.78 Å². The summed E-state index contributed by atoms with van der Waals surface area (Å²) in [5.74, 6) is 0.427. The van der Waals surface area contributed by atoms with Crippen LogP contribution in [0.5, 0.6) is 0 Å². The first-order valence-corrected chi connectivity index (χ1v) is 6.85. The molecule has 1 aliphatic heterocycles. The van der Waals surface area contributed by atoms with E-state index in [1.165, 1.54) is 5.57 Å². The number of hydrogen-bond donors (Lipinski definition) is 0. The minimum absolute atomic E-state index is 0.0548. The molecular weight excluding hydrogens is 228 g/mol. The van der Waals surface area contributed by atoms with E-state index in [4.69, 9.17) is 9.47 Å². The molecule has 0 aromatic rings. The summed E-state index contributed by atoms with van der Waals surface area (Å²) >= 11 is 0. The fourth-order valence-corrected chi connectivity index (χ4v) is 3.16. The fourth-order valence-electron chi connectivity index (χ4n) is 3.16. The van der Waals surface area contributed by atoms with Crippen LogP contribution in [0.25, 0.3) is 0 Å². The number of hydrogen-bond acceptors (Lipinski definition) is 3. The van der Waals surface area contributed by atoms with Gasteiger partial charge in [-0.1, -0.05) is 19.4 Å². The van der Waals surface area contributed by atoms with Crippen molar-refractivity contribution in [3.05, 3.63) is 11.1 Å². The molecule has 0 bridgehead atoms. The number of carbonyl (C=O) groups is 1. The van der Waals surface area contributed by atoms with Crippen LogP contribution in [0.1, 0.15) is 47.0 Å². The average Bonchev–Trinajstić information content (AvgIpc) is 2.78. The molecule has 1 heterocycles. The highest BCUT2D eigenvalue weighted by Crippen LogP contribution is 2.43. The topological polar surface area (TPSA) is 35.5 Å². The van der Waals surface area contributed by atoms with Gasteiger partial charge in [0.15, 0.2) is 12.1 Å². The number of carbonyl (C=O) groups excluding carboxylic acids is 1. The van der Waals surface area contributed by atoms with E-state index in [2.05, 4.69) is 20.8 Å². The van der Waals surface area contributed by atoms with Crippen molar-refractivity contribution in [2.24, 2.45) is 11.3 Å². The van der Waals surface area contributed by atoms with Crippen LogP contribution in [0.3, 0.4) is 0 Å². The van der Waals surface area contributed by atoms with Gasteiger partial charge in [-0.15, -0.1) is 0 Å². The van der Waals surface area contributed by atoms with Crippen LogP contribution in [0, 0.1) is 11.3 Å². The Morgan fingerprint density at radius 3 is 2.39 bits per heavy atom. The highest BCUT2D eigenvalue weighted by molar-refractivity contribution is 5.98. The Bertz CT molecular complexity index is 362. The van der Waals surface area contributed by atoms with Gasteiger partial charge in [0.2, 0.25) is 0 Å². The normalized spacial score (nSPS) is 29.1. The molecule has 2 aliphatic rings. The maximum Gasteiger partial charge on any atom is 0.162 e. The van der Waals surface area contributed by atoms with Gasteiger partial charge in [0, 0.05) is 5.92 Å². The molecule has 1 fully saturated rings. The lowest BCUT2D eigenvalue weighted by Crippen LogP contribution is -2.36. The van der Waals surface area contributed by atoms with Gasteiger partial charge in [0.1, 0.15) is 0 Å². The van der Waals surface area contributed by atoms with Gasteiger partial charge < -0.3 is 9.47 Å². The predicted molar refractivity (Wildman–Crippen MR) is 70.2 cm³/mol. The van der Waals surface area contributed by atoms with E-state index in [1.54, 1.807) is 0 Å². The van der Waals surface area contributed by atoms with Crippen molar-refractivity contribution in [3.63, 3.8) is 0 Å². The van der Waals surface area contributed by atoms with E-state index >= 15 is 0 Å². The van der Waals surface area contributed by atoms with Gasteiger partial charge in [-0.3, -0.25) is 4.79 Å². The lowest BCUT2D eigenvalue weighted by atomic mass is 9.65. The largest absolute Gasteiger partial charge is 0.350 e. The fraction of sp³-hybridized carbons (Fsp3) is 0.800. The van der Waals surface area contributed by atoms with Crippen molar-refractivity contribution < 1.29 is 14.3 Å². The Kier molecular flexibility index (Phi) is 3.93. The van der Waals surface area contributed by atoms with Crippen LogP contribution in [-0.4, -0.2) is 25.3 Å². The summed E-state index contributed by atoms with van der Waals surface area (Å²) in [7, 11) is 0. The molecule has 1 aliphatic carbocycles. The molecule has 3 heteroatoms. The van der Waals surface area contributed by atoms with Crippen molar-refractivity contribution in [2.45, 2.75) is 53.2 Å². The zero-order valence-corrected chi connectivity index (χ0v) is 11.9. The summed E-state index contributed by atoms with van der Waals surface area (Å²) in [5, 5.41) is 0. The summed E-state index contributed by atoms with van der Waals surface area (Å²) in [6.07, 6.45) is 2.61.